The molecule has 132 valence electrons. The summed E-state index contributed by atoms with van der Waals surface area (Å²) < 4.78 is 11.6. The van der Waals surface area contributed by atoms with Crippen molar-refractivity contribution in [3.63, 3.8) is 0 Å². The lowest BCUT2D eigenvalue weighted by molar-refractivity contribution is 0.0249. The topological polar surface area (TPSA) is 111 Å². The maximum Gasteiger partial charge on any atom is 0.197 e. The first-order chi connectivity index (χ1) is 11.7. The van der Waals surface area contributed by atoms with Crippen LogP contribution in [0.4, 0.5) is 5.95 Å². The summed E-state index contributed by atoms with van der Waals surface area (Å²) in [5.41, 5.74) is 13.3. The molecule has 2 rings (SSSR count). The van der Waals surface area contributed by atoms with Crippen LogP contribution in [-0.2, 0) is 11.3 Å². The molecule has 0 spiro atoms. The third-order valence-electron chi connectivity index (χ3n) is 3.61. The molecule has 7 heteroatoms. The van der Waals surface area contributed by atoms with Gasteiger partial charge >= 0.3 is 0 Å². The number of hydrogen-bond donors (Lipinski definition) is 4. The number of benzene rings is 1. The van der Waals surface area contributed by atoms with Gasteiger partial charge in [-0.1, -0.05) is 12.1 Å². The fraction of sp³-hybridized carbons (Fsp3) is 0.471. The quantitative estimate of drug-likeness (QED) is 0.465. The highest BCUT2D eigenvalue weighted by Gasteiger charge is 2.14. The van der Waals surface area contributed by atoms with Gasteiger partial charge in [0.1, 0.15) is 12.4 Å². The molecular formula is C17H27N5O2. The molecule has 0 saturated carbocycles. The van der Waals surface area contributed by atoms with E-state index in [2.05, 4.69) is 15.3 Å². The van der Waals surface area contributed by atoms with Crippen LogP contribution in [0.25, 0.3) is 0 Å². The zero-order chi connectivity index (χ0) is 17.2. The number of H-pyrrole nitrogens is 1. The minimum atomic E-state index is -0.0973. The van der Waals surface area contributed by atoms with Crippen molar-refractivity contribution >= 4 is 5.95 Å². The van der Waals surface area contributed by atoms with Gasteiger partial charge in [0.25, 0.3) is 0 Å². The Bertz CT molecular complexity index is 585. The number of rotatable bonds is 11. The van der Waals surface area contributed by atoms with Gasteiger partial charge in [0.05, 0.1) is 24.6 Å². The maximum absolute atomic E-state index is 5.91. The summed E-state index contributed by atoms with van der Waals surface area (Å²) >= 11 is 0. The number of imidazole rings is 1. The summed E-state index contributed by atoms with van der Waals surface area (Å²) in [5, 5.41) is 3.12. The van der Waals surface area contributed by atoms with Crippen LogP contribution in [-0.4, -0.2) is 36.8 Å². The van der Waals surface area contributed by atoms with Crippen LogP contribution >= 0.6 is 0 Å². The monoisotopic (exact) mass is 333 g/mol. The minimum absolute atomic E-state index is 0.0973. The van der Waals surface area contributed by atoms with Gasteiger partial charge in [-0.15, -0.1) is 0 Å². The molecule has 0 aliphatic rings. The van der Waals surface area contributed by atoms with E-state index in [-0.39, 0.29) is 6.10 Å². The Morgan fingerprint density at radius 1 is 1.25 bits per heavy atom. The summed E-state index contributed by atoms with van der Waals surface area (Å²) in [7, 11) is 1.93. The van der Waals surface area contributed by atoms with Crippen molar-refractivity contribution < 1.29 is 9.47 Å². The standard InChI is InChI=1S/C17H27N5O2/c1-20-11-13-4-6-14(7-5-13)23-9-10-24-16(3-2-8-18)15-12-21-17(19)22-15/h4-7,12,16,20H,2-3,8-11,18H2,1H3,(H3,19,21,22). The summed E-state index contributed by atoms with van der Waals surface area (Å²) in [6, 6.07) is 8.02. The predicted molar refractivity (Wildman–Crippen MR) is 94.7 cm³/mol. The number of aromatic nitrogens is 2. The molecule has 7 nitrogen and oxygen atoms in total. The van der Waals surface area contributed by atoms with Crippen molar-refractivity contribution in [1.82, 2.24) is 15.3 Å². The first-order valence-electron chi connectivity index (χ1n) is 8.21. The first kappa shape index (κ1) is 18.3. The first-order valence-corrected chi connectivity index (χ1v) is 8.21. The Morgan fingerprint density at radius 3 is 2.67 bits per heavy atom. The Hall–Kier alpha value is -2.09. The van der Waals surface area contributed by atoms with Crippen LogP contribution in [0.1, 0.15) is 30.2 Å². The van der Waals surface area contributed by atoms with Crippen molar-refractivity contribution in [3.8, 4) is 5.75 Å². The van der Waals surface area contributed by atoms with Crippen LogP contribution in [0.3, 0.4) is 0 Å². The van der Waals surface area contributed by atoms with Crippen molar-refractivity contribution in [2.24, 2.45) is 5.73 Å². The number of anilines is 1. The molecule has 0 saturated heterocycles. The molecule has 2 aromatic rings. The zero-order valence-electron chi connectivity index (χ0n) is 14.1. The largest absolute Gasteiger partial charge is 0.491 e. The highest BCUT2D eigenvalue weighted by atomic mass is 16.5. The second-order valence-corrected chi connectivity index (χ2v) is 5.54. The summed E-state index contributed by atoms with van der Waals surface area (Å²) in [6.45, 7) is 2.43. The van der Waals surface area contributed by atoms with Crippen molar-refractivity contribution in [2.45, 2.75) is 25.5 Å². The van der Waals surface area contributed by atoms with E-state index in [0.29, 0.717) is 25.7 Å². The number of nitrogens with one attached hydrogen (secondary N) is 2. The van der Waals surface area contributed by atoms with Crippen molar-refractivity contribution in [1.29, 1.82) is 0 Å². The molecule has 0 aliphatic heterocycles. The molecule has 0 radical (unpaired) electrons. The Kier molecular flexibility index (Phi) is 7.54. The molecule has 0 bridgehead atoms. The highest BCUT2D eigenvalue weighted by molar-refractivity contribution is 5.27. The van der Waals surface area contributed by atoms with Gasteiger partial charge in [0, 0.05) is 6.54 Å². The second kappa shape index (κ2) is 9.92. The average Bonchev–Trinajstić information content (AvgIpc) is 3.02. The van der Waals surface area contributed by atoms with E-state index in [1.807, 2.05) is 31.3 Å². The van der Waals surface area contributed by atoms with Crippen LogP contribution < -0.4 is 21.5 Å². The van der Waals surface area contributed by atoms with Gasteiger partial charge in [-0.3, -0.25) is 0 Å². The smallest absolute Gasteiger partial charge is 0.197 e. The molecular weight excluding hydrogens is 306 g/mol. The molecule has 1 aromatic heterocycles. The van der Waals surface area contributed by atoms with E-state index in [9.17, 15) is 0 Å². The molecule has 0 fully saturated rings. The molecule has 6 N–H and O–H groups in total. The summed E-state index contributed by atoms with van der Waals surface area (Å²) in [6.07, 6.45) is 3.30. The van der Waals surface area contributed by atoms with Gasteiger partial charge in [0.15, 0.2) is 5.95 Å². The van der Waals surface area contributed by atoms with Crippen molar-refractivity contribution in [3.05, 3.63) is 41.7 Å². The van der Waals surface area contributed by atoms with E-state index >= 15 is 0 Å². The summed E-state index contributed by atoms with van der Waals surface area (Å²) in [5.74, 6) is 1.23. The lowest BCUT2D eigenvalue weighted by Crippen LogP contribution is -2.13. The van der Waals surface area contributed by atoms with E-state index in [1.165, 1.54) is 5.56 Å². The number of nitrogens with zero attached hydrogens (tertiary/aromatic N) is 1. The minimum Gasteiger partial charge on any atom is -0.491 e. The van der Waals surface area contributed by atoms with Gasteiger partial charge < -0.3 is 31.2 Å². The van der Waals surface area contributed by atoms with E-state index in [0.717, 1.165) is 30.8 Å². The fourth-order valence-corrected chi connectivity index (χ4v) is 2.40. The molecule has 1 heterocycles. The molecule has 1 atom stereocenters. The van der Waals surface area contributed by atoms with Gasteiger partial charge in [-0.2, -0.15) is 0 Å². The number of ether oxygens (including phenoxy) is 2. The molecule has 0 aliphatic carbocycles. The predicted octanol–water partition coefficient (Wildman–Crippen LogP) is 1.59. The molecule has 0 amide bonds. The lowest BCUT2D eigenvalue weighted by atomic mass is 10.1. The number of aromatic amines is 1. The lowest BCUT2D eigenvalue weighted by Gasteiger charge is -2.16. The Balaban J connectivity index is 1.77. The van der Waals surface area contributed by atoms with E-state index in [1.54, 1.807) is 6.20 Å². The van der Waals surface area contributed by atoms with Crippen molar-refractivity contribution in [2.75, 3.05) is 32.5 Å². The number of nitrogens with two attached hydrogens (primary N) is 2. The normalized spacial score (nSPS) is 12.2. The van der Waals surface area contributed by atoms with Crippen LogP contribution in [0.2, 0.25) is 0 Å². The number of nitrogen functional groups attached to an aromatic ring is 1. The van der Waals surface area contributed by atoms with Gasteiger partial charge in [-0.05, 0) is 44.1 Å². The average molecular weight is 333 g/mol. The highest BCUT2D eigenvalue weighted by Crippen LogP contribution is 2.21. The Morgan fingerprint density at radius 2 is 2.04 bits per heavy atom. The van der Waals surface area contributed by atoms with E-state index in [4.69, 9.17) is 20.9 Å². The SMILES string of the molecule is CNCc1ccc(OCCOC(CCCN)c2cnc(N)[nH]2)cc1. The molecule has 24 heavy (non-hydrogen) atoms. The fourth-order valence-electron chi connectivity index (χ4n) is 2.40. The van der Waals surface area contributed by atoms with Crippen LogP contribution in [0.15, 0.2) is 30.5 Å². The van der Waals surface area contributed by atoms with Gasteiger partial charge in [-0.25, -0.2) is 4.98 Å². The zero-order valence-corrected chi connectivity index (χ0v) is 14.1. The van der Waals surface area contributed by atoms with Crippen LogP contribution in [0.5, 0.6) is 5.75 Å². The number of hydrogen-bond acceptors (Lipinski definition) is 6. The van der Waals surface area contributed by atoms with E-state index < -0.39 is 0 Å². The molecule has 1 unspecified atom stereocenters. The second-order valence-electron chi connectivity index (χ2n) is 5.54. The maximum atomic E-state index is 5.91. The van der Waals surface area contributed by atoms with Crippen LogP contribution in [0, 0.1) is 0 Å². The third kappa shape index (κ3) is 5.84. The Labute approximate surface area is 142 Å². The van der Waals surface area contributed by atoms with Gasteiger partial charge in [0.2, 0.25) is 0 Å². The summed E-state index contributed by atoms with van der Waals surface area (Å²) in [4.78, 5) is 7.04. The third-order valence-corrected chi connectivity index (χ3v) is 3.61. The molecule has 1 aromatic carbocycles.